The van der Waals surface area contributed by atoms with Crippen LogP contribution in [0, 0.1) is 0 Å². The van der Waals surface area contributed by atoms with E-state index in [4.69, 9.17) is 0 Å². The largest absolute Gasteiger partial charge is 0.508 e. The first kappa shape index (κ1) is 13.9. The zero-order valence-corrected chi connectivity index (χ0v) is 12.7. The molecule has 1 fully saturated rings. The number of anilines is 1. The van der Waals surface area contributed by atoms with Crippen LogP contribution in [0.3, 0.4) is 0 Å². The molecule has 0 radical (unpaired) electrons. The summed E-state index contributed by atoms with van der Waals surface area (Å²) < 4.78 is 0. The maximum absolute atomic E-state index is 12.5. The van der Waals surface area contributed by atoms with E-state index in [1.54, 1.807) is 30.3 Å². The van der Waals surface area contributed by atoms with Gasteiger partial charge in [0.25, 0.3) is 0 Å². The molecule has 2 N–H and O–H groups in total. The Labute approximate surface area is 134 Å². The molecule has 0 unspecified atom stereocenters. The Bertz CT molecular complexity index is 907. The van der Waals surface area contributed by atoms with Crippen LogP contribution in [0.2, 0.25) is 0 Å². The molecule has 1 aliphatic heterocycles. The number of pyridine rings is 1. The van der Waals surface area contributed by atoms with Crippen molar-refractivity contribution in [1.82, 2.24) is 4.98 Å². The van der Waals surface area contributed by atoms with Crippen LogP contribution in [0.15, 0.2) is 53.3 Å². The number of fused-ring (bicyclic) bond motifs is 1. The summed E-state index contributed by atoms with van der Waals surface area (Å²) in [6.45, 7) is 2.13. The van der Waals surface area contributed by atoms with Gasteiger partial charge in [0, 0.05) is 41.4 Å². The van der Waals surface area contributed by atoms with Gasteiger partial charge in [-0.3, -0.25) is 4.79 Å². The van der Waals surface area contributed by atoms with Crippen LogP contribution in [-0.4, -0.2) is 23.2 Å². The Morgan fingerprint density at radius 1 is 0.957 bits per heavy atom. The molecule has 3 aromatic rings. The van der Waals surface area contributed by atoms with Crippen molar-refractivity contribution in [1.29, 1.82) is 0 Å². The summed E-state index contributed by atoms with van der Waals surface area (Å²) in [7, 11) is 0. The summed E-state index contributed by atoms with van der Waals surface area (Å²) >= 11 is 0. The van der Waals surface area contributed by atoms with Gasteiger partial charge >= 0.3 is 0 Å². The summed E-state index contributed by atoms with van der Waals surface area (Å²) in [6, 6.07) is 14.5. The van der Waals surface area contributed by atoms with Gasteiger partial charge in [0.05, 0.1) is 0 Å². The highest BCUT2D eigenvalue weighted by Crippen LogP contribution is 2.25. The number of nitrogens with one attached hydrogen (secondary N) is 1. The van der Waals surface area contributed by atoms with E-state index in [1.807, 2.05) is 12.1 Å². The molecule has 1 aromatic heterocycles. The van der Waals surface area contributed by atoms with E-state index in [1.165, 1.54) is 12.8 Å². The minimum atomic E-state index is 0.0165. The van der Waals surface area contributed by atoms with Gasteiger partial charge in [-0.05, 0) is 60.9 Å². The lowest BCUT2D eigenvalue weighted by molar-refractivity contribution is 0.475. The van der Waals surface area contributed by atoms with E-state index in [0.717, 1.165) is 40.9 Å². The number of aromatic amines is 1. The van der Waals surface area contributed by atoms with Gasteiger partial charge in [-0.2, -0.15) is 0 Å². The standard InChI is InChI=1S/C19H18N2O2/c22-15-6-3-13(4-7-15)18-12-19(23)16-11-14(5-8-17(16)20-18)21-9-1-2-10-21/h3-8,11-12,22H,1-2,9-10H2,(H,20,23). The van der Waals surface area contributed by atoms with Crippen LogP contribution in [0.25, 0.3) is 22.2 Å². The second-order valence-corrected chi connectivity index (χ2v) is 6.02. The Morgan fingerprint density at radius 3 is 2.43 bits per heavy atom. The number of hydrogen-bond donors (Lipinski definition) is 2. The van der Waals surface area contributed by atoms with Crippen molar-refractivity contribution >= 4 is 16.6 Å². The third-order valence-corrected chi connectivity index (χ3v) is 4.46. The zero-order chi connectivity index (χ0) is 15.8. The highest BCUT2D eigenvalue weighted by Gasteiger charge is 2.13. The molecule has 0 aliphatic carbocycles. The van der Waals surface area contributed by atoms with E-state index in [-0.39, 0.29) is 11.2 Å². The quantitative estimate of drug-likeness (QED) is 0.762. The first-order valence-electron chi connectivity index (χ1n) is 7.92. The highest BCUT2D eigenvalue weighted by atomic mass is 16.3. The summed E-state index contributed by atoms with van der Waals surface area (Å²) in [4.78, 5) is 18.2. The molecule has 2 aromatic carbocycles. The average molecular weight is 306 g/mol. The molecular formula is C19H18N2O2. The third-order valence-electron chi connectivity index (χ3n) is 4.46. The van der Waals surface area contributed by atoms with Gasteiger partial charge in [0.1, 0.15) is 5.75 Å². The molecule has 23 heavy (non-hydrogen) atoms. The van der Waals surface area contributed by atoms with Crippen molar-refractivity contribution < 1.29 is 5.11 Å². The number of phenols is 1. The minimum absolute atomic E-state index is 0.0165. The first-order chi connectivity index (χ1) is 11.2. The zero-order valence-electron chi connectivity index (χ0n) is 12.7. The summed E-state index contributed by atoms with van der Waals surface area (Å²) in [5.41, 5.74) is 3.62. The first-order valence-corrected chi connectivity index (χ1v) is 7.92. The number of aromatic hydroxyl groups is 1. The number of phenolic OH excluding ortho intramolecular Hbond substituents is 1. The lowest BCUT2D eigenvalue weighted by atomic mass is 10.1. The van der Waals surface area contributed by atoms with Crippen LogP contribution in [0.4, 0.5) is 5.69 Å². The topological polar surface area (TPSA) is 56.3 Å². The lowest BCUT2D eigenvalue weighted by Gasteiger charge is -2.18. The van der Waals surface area contributed by atoms with Crippen molar-refractivity contribution in [3.8, 4) is 17.0 Å². The molecule has 1 aliphatic rings. The van der Waals surface area contributed by atoms with Gasteiger partial charge in [-0.25, -0.2) is 0 Å². The summed E-state index contributed by atoms with van der Waals surface area (Å²) in [5.74, 6) is 0.215. The van der Waals surface area contributed by atoms with E-state index in [2.05, 4.69) is 16.0 Å². The predicted molar refractivity (Wildman–Crippen MR) is 93.1 cm³/mol. The second-order valence-electron chi connectivity index (χ2n) is 6.02. The number of hydrogen-bond acceptors (Lipinski definition) is 3. The Hall–Kier alpha value is -2.75. The van der Waals surface area contributed by atoms with E-state index >= 15 is 0 Å². The summed E-state index contributed by atoms with van der Waals surface area (Å²) in [6.07, 6.45) is 2.43. The minimum Gasteiger partial charge on any atom is -0.508 e. The van der Waals surface area contributed by atoms with Crippen LogP contribution in [0.5, 0.6) is 5.75 Å². The molecule has 0 amide bonds. The number of H-pyrrole nitrogens is 1. The fourth-order valence-corrected chi connectivity index (χ4v) is 3.20. The van der Waals surface area contributed by atoms with Crippen molar-refractivity contribution in [2.45, 2.75) is 12.8 Å². The third kappa shape index (κ3) is 2.57. The summed E-state index contributed by atoms with van der Waals surface area (Å²) in [5, 5.41) is 10.1. The molecular weight excluding hydrogens is 288 g/mol. The molecule has 1 saturated heterocycles. The maximum atomic E-state index is 12.5. The van der Waals surface area contributed by atoms with Crippen LogP contribution >= 0.6 is 0 Å². The van der Waals surface area contributed by atoms with Crippen molar-refractivity contribution in [2.24, 2.45) is 0 Å². The number of rotatable bonds is 2. The fourth-order valence-electron chi connectivity index (χ4n) is 3.20. The number of aromatic nitrogens is 1. The predicted octanol–water partition coefficient (Wildman–Crippen LogP) is 3.50. The molecule has 4 rings (SSSR count). The Morgan fingerprint density at radius 2 is 1.70 bits per heavy atom. The highest BCUT2D eigenvalue weighted by molar-refractivity contribution is 5.84. The molecule has 4 heteroatoms. The Kier molecular flexibility index (Phi) is 3.30. The van der Waals surface area contributed by atoms with Gasteiger partial charge < -0.3 is 15.0 Å². The molecule has 0 bridgehead atoms. The molecule has 0 saturated carbocycles. The normalized spacial score (nSPS) is 14.5. The smallest absolute Gasteiger partial charge is 0.190 e. The van der Waals surface area contributed by atoms with Gasteiger partial charge in [0.2, 0.25) is 0 Å². The van der Waals surface area contributed by atoms with Crippen molar-refractivity contribution in [2.75, 3.05) is 18.0 Å². The molecule has 0 spiro atoms. The van der Waals surface area contributed by atoms with Gasteiger partial charge in [0.15, 0.2) is 5.43 Å². The monoisotopic (exact) mass is 306 g/mol. The molecule has 2 heterocycles. The van der Waals surface area contributed by atoms with Gasteiger partial charge in [-0.15, -0.1) is 0 Å². The molecule has 0 atom stereocenters. The lowest BCUT2D eigenvalue weighted by Crippen LogP contribution is -2.17. The SMILES string of the molecule is O=c1cc(-c2ccc(O)cc2)[nH]c2ccc(N3CCCC3)cc12. The van der Waals surface area contributed by atoms with Crippen LogP contribution < -0.4 is 10.3 Å². The Balaban J connectivity index is 1.80. The molecule has 116 valence electrons. The number of nitrogens with zero attached hydrogens (tertiary/aromatic N) is 1. The molecule has 4 nitrogen and oxygen atoms in total. The maximum Gasteiger partial charge on any atom is 0.190 e. The van der Waals surface area contributed by atoms with E-state index < -0.39 is 0 Å². The van der Waals surface area contributed by atoms with Crippen molar-refractivity contribution in [3.05, 3.63) is 58.8 Å². The van der Waals surface area contributed by atoms with Gasteiger partial charge in [-0.1, -0.05) is 0 Å². The van der Waals surface area contributed by atoms with Crippen molar-refractivity contribution in [3.63, 3.8) is 0 Å². The average Bonchev–Trinajstić information content (AvgIpc) is 3.10. The van der Waals surface area contributed by atoms with E-state index in [9.17, 15) is 9.90 Å². The second kappa shape index (κ2) is 5.47. The van der Waals surface area contributed by atoms with Crippen LogP contribution in [-0.2, 0) is 0 Å². The van der Waals surface area contributed by atoms with Crippen LogP contribution in [0.1, 0.15) is 12.8 Å². The fraction of sp³-hybridized carbons (Fsp3) is 0.211. The van der Waals surface area contributed by atoms with E-state index in [0.29, 0.717) is 0 Å². The number of benzene rings is 2.